The molecule has 214 valence electrons. The lowest BCUT2D eigenvalue weighted by molar-refractivity contribution is 0.399. The van der Waals surface area contributed by atoms with Gasteiger partial charge in [0.2, 0.25) is 0 Å². The van der Waals surface area contributed by atoms with Crippen LogP contribution >= 0.6 is 11.9 Å². The van der Waals surface area contributed by atoms with Crippen molar-refractivity contribution in [3.8, 4) is 11.1 Å². The Kier molecular flexibility index (Phi) is 11.0. The molecule has 2 aliphatic heterocycles. The molecule has 0 fully saturated rings. The molecule has 0 spiro atoms. The summed E-state index contributed by atoms with van der Waals surface area (Å²) in [4.78, 5) is 10.6. The Morgan fingerprint density at radius 3 is 2.44 bits per heavy atom. The first-order valence-corrected chi connectivity index (χ1v) is 15.2. The van der Waals surface area contributed by atoms with E-state index >= 15 is 0 Å². The minimum absolute atomic E-state index is 0.741. The van der Waals surface area contributed by atoms with E-state index in [0.29, 0.717) is 0 Å². The maximum atomic E-state index is 7.00. The number of hydrogen-bond donors (Lipinski definition) is 2. The van der Waals surface area contributed by atoms with E-state index in [9.17, 15) is 0 Å². The molecule has 0 radical (unpaired) electrons. The predicted octanol–water partition coefficient (Wildman–Crippen LogP) is 8.45. The lowest BCUT2D eigenvalue weighted by atomic mass is 9.95. The Labute approximate surface area is 250 Å². The van der Waals surface area contributed by atoms with Crippen LogP contribution in [0.15, 0.2) is 105 Å². The minimum atomic E-state index is 0.741. The van der Waals surface area contributed by atoms with Gasteiger partial charge in [0.25, 0.3) is 0 Å². The Morgan fingerprint density at radius 2 is 1.73 bits per heavy atom. The molecule has 41 heavy (non-hydrogen) atoms. The minimum Gasteiger partial charge on any atom is -0.400 e. The molecule has 0 saturated carbocycles. The van der Waals surface area contributed by atoms with Crippen LogP contribution in [0.2, 0.25) is 0 Å². The molecule has 0 saturated heterocycles. The third-order valence-electron chi connectivity index (χ3n) is 7.54. The third-order valence-corrected chi connectivity index (χ3v) is 8.72. The fraction of sp³-hybridized carbons (Fsp3) is 0.314. The number of nitrogens with zero attached hydrogens (tertiary/aromatic N) is 3. The maximum absolute atomic E-state index is 7.00. The Hall–Kier alpha value is -3.61. The molecule has 0 unspecified atom stereocenters. The average Bonchev–Trinajstić information content (AvgIpc) is 3.66. The Bertz CT molecular complexity index is 1470. The number of unbranched alkanes of at least 4 members (excludes halogenated alkanes) is 1. The summed E-state index contributed by atoms with van der Waals surface area (Å²) in [6, 6.07) is 24.2. The van der Waals surface area contributed by atoms with Crippen LogP contribution in [0.1, 0.15) is 56.7 Å². The van der Waals surface area contributed by atoms with Gasteiger partial charge in [0.05, 0.1) is 18.0 Å². The number of hydrogen-bond acceptors (Lipinski definition) is 6. The van der Waals surface area contributed by atoms with Gasteiger partial charge in [-0.2, -0.15) is 0 Å². The second-order valence-corrected chi connectivity index (χ2v) is 11.3. The molecule has 0 aliphatic carbocycles. The standard InChI is InChI=1S/C34H38N4S.CH4O/c1-5-6-20-38(33-23-36-26(4)25(33)3)39-34-16-10-8-13-30(34)29-18-17-27(32-15-11-19-35-32)21-28(29)22-37-31-14-9-7-12-24(31)2;1-2/h7-14,16-19,21,37H,5-6,15,20,22-23H2,1-4H3;2H,1H3. The summed E-state index contributed by atoms with van der Waals surface area (Å²) in [5.41, 5.74) is 12.3. The van der Waals surface area contributed by atoms with Gasteiger partial charge in [0, 0.05) is 49.1 Å². The zero-order chi connectivity index (χ0) is 29.2. The van der Waals surface area contributed by atoms with Crippen molar-refractivity contribution in [3.63, 3.8) is 0 Å². The fourth-order valence-corrected chi connectivity index (χ4v) is 6.20. The van der Waals surface area contributed by atoms with E-state index in [2.05, 4.69) is 115 Å². The molecule has 6 heteroatoms. The van der Waals surface area contributed by atoms with Crippen LogP contribution in [-0.4, -0.2) is 41.0 Å². The number of rotatable bonds is 11. The van der Waals surface area contributed by atoms with Gasteiger partial charge in [0.15, 0.2) is 0 Å². The number of allylic oxidation sites excluding steroid dienone is 2. The molecule has 0 amide bonds. The molecule has 3 aromatic rings. The van der Waals surface area contributed by atoms with Crippen LogP contribution in [0.25, 0.3) is 11.1 Å². The first-order chi connectivity index (χ1) is 20.0. The summed E-state index contributed by atoms with van der Waals surface area (Å²) in [7, 11) is 1.00. The maximum Gasteiger partial charge on any atom is 0.0803 e. The smallest absolute Gasteiger partial charge is 0.0803 e. The monoisotopic (exact) mass is 566 g/mol. The second-order valence-electron chi connectivity index (χ2n) is 10.2. The molecule has 0 bridgehead atoms. The molecule has 5 nitrogen and oxygen atoms in total. The molecule has 2 heterocycles. The summed E-state index contributed by atoms with van der Waals surface area (Å²) in [6.07, 6.45) is 7.24. The summed E-state index contributed by atoms with van der Waals surface area (Å²) in [6.45, 7) is 11.3. The zero-order valence-corrected chi connectivity index (χ0v) is 25.8. The molecule has 0 aromatic heterocycles. The first kappa shape index (κ1) is 30.4. The van der Waals surface area contributed by atoms with Crippen molar-refractivity contribution in [2.45, 2.75) is 58.4 Å². The predicted molar refractivity (Wildman–Crippen MR) is 177 cm³/mol. The van der Waals surface area contributed by atoms with E-state index in [1.54, 1.807) is 0 Å². The zero-order valence-electron chi connectivity index (χ0n) is 24.9. The third kappa shape index (κ3) is 7.38. The summed E-state index contributed by atoms with van der Waals surface area (Å²) < 4.78 is 2.48. The number of aryl methyl sites for hydroxylation is 1. The van der Waals surface area contributed by atoms with Crippen LogP contribution in [0.3, 0.4) is 0 Å². The largest absolute Gasteiger partial charge is 0.400 e. The highest BCUT2D eigenvalue weighted by Crippen LogP contribution is 2.39. The first-order valence-electron chi connectivity index (χ1n) is 14.4. The average molecular weight is 567 g/mol. The number of aliphatic hydroxyl groups excluding tert-OH is 1. The lowest BCUT2D eigenvalue weighted by Crippen LogP contribution is -2.19. The van der Waals surface area contributed by atoms with Gasteiger partial charge < -0.3 is 14.7 Å². The molecule has 3 aromatic carbocycles. The van der Waals surface area contributed by atoms with Crippen molar-refractivity contribution in [3.05, 3.63) is 107 Å². The SMILES string of the molecule is CCCCN(Sc1ccccc1-c1ccc(C2=NC=CC2)cc1CNc1ccccc1C)C1=C(C)C(C)=NC1.CO. The second kappa shape index (κ2) is 14.9. The van der Waals surface area contributed by atoms with Crippen LogP contribution in [0.4, 0.5) is 5.69 Å². The van der Waals surface area contributed by atoms with E-state index in [-0.39, 0.29) is 0 Å². The van der Waals surface area contributed by atoms with Gasteiger partial charge in [0.1, 0.15) is 0 Å². The quantitative estimate of drug-likeness (QED) is 0.229. The van der Waals surface area contributed by atoms with E-state index in [0.717, 1.165) is 51.0 Å². The number of para-hydroxylation sites is 1. The normalized spacial score (nSPS) is 14.0. The van der Waals surface area contributed by atoms with E-state index in [4.69, 9.17) is 10.1 Å². The fourth-order valence-electron chi connectivity index (χ4n) is 5.03. The number of aliphatic imine (C=N–C) groups is 2. The molecular weight excluding hydrogens is 524 g/mol. The van der Waals surface area contributed by atoms with Crippen molar-refractivity contribution in [2.75, 3.05) is 25.5 Å². The Balaban J connectivity index is 0.00000189. The van der Waals surface area contributed by atoms with Crippen molar-refractivity contribution in [1.29, 1.82) is 0 Å². The number of benzene rings is 3. The van der Waals surface area contributed by atoms with Crippen LogP contribution in [0.5, 0.6) is 0 Å². The van der Waals surface area contributed by atoms with E-state index < -0.39 is 0 Å². The van der Waals surface area contributed by atoms with E-state index in [1.165, 1.54) is 56.1 Å². The number of aliphatic hydroxyl groups is 1. The summed E-state index contributed by atoms with van der Waals surface area (Å²) in [5.74, 6) is 0. The van der Waals surface area contributed by atoms with Gasteiger partial charge in [-0.05, 0) is 90.7 Å². The van der Waals surface area contributed by atoms with Crippen molar-refractivity contribution >= 4 is 29.1 Å². The molecule has 2 N–H and O–H groups in total. The summed E-state index contributed by atoms with van der Waals surface area (Å²) in [5, 5.41) is 10.7. The van der Waals surface area contributed by atoms with Gasteiger partial charge in [-0.15, -0.1) is 0 Å². The molecule has 2 aliphatic rings. The van der Waals surface area contributed by atoms with E-state index in [1.807, 2.05) is 18.1 Å². The highest BCUT2D eigenvalue weighted by molar-refractivity contribution is 7.97. The highest BCUT2D eigenvalue weighted by atomic mass is 32.2. The summed E-state index contributed by atoms with van der Waals surface area (Å²) >= 11 is 1.86. The van der Waals surface area contributed by atoms with Crippen molar-refractivity contribution < 1.29 is 5.11 Å². The van der Waals surface area contributed by atoms with Gasteiger partial charge in [-0.1, -0.05) is 68.0 Å². The molecule has 5 rings (SSSR count). The molecular formula is C35H42N4OS. The van der Waals surface area contributed by atoms with Gasteiger partial charge >= 0.3 is 0 Å². The van der Waals surface area contributed by atoms with Crippen LogP contribution in [-0.2, 0) is 6.54 Å². The topological polar surface area (TPSA) is 60.2 Å². The Morgan fingerprint density at radius 1 is 0.951 bits per heavy atom. The lowest BCUT2D eigenvalue weighted by Gasteiger charge is -2.26. The highest BCUT2D eigenvalue weighted by Gasteiger charge is 2.21. The van der Waals surface area contributed by atoms with Crippen molar-refractivity contribution in [2.24, 2.45) is 9.98 Å². The van der Waals surface area contributed by atoms with Gasteiger partial charge in [-0.3, -0.25) is 9.98 Å². The van der Waals surface area contributed by atoms with Crippen molar-refractivity contribution in [1.82, 2.24) is 4.31 Å². The van der Waals surface area contributed by atoms with Crippen LogP contribution < -0.4 is 5.32 Å². The van der Waals surface area contributed by atoms with Crippen LogP contribution in [0, 0.1) is 6.92 Å². The number of anilines is 1. The van der Waals surface area contributed by atoms with Gasteiger partial charge in [-0.25, -0.2) is 0 Å². The molecule has 0 atom stereocenters. The number of nitrogens with one attached hydrogen (secondary N) is 1.